The van der Waals surface area contributed by atoms with Crippen molar-refractivity contribution in [2.45, 2.75) is 24.9 Å². The molecule has 124 valence electrons. The number of nitrogens with zero attached hydrogens (tertiary/aromatic N) is 1. The van der Waals surface area contributed by atoms with Gasteiger partial charge < -0.3 is 10.7 Å². The standard InChI is InChI=1S/C20H22ClN3/c21-18-7-3-2-6-17(18)20(22)9-11-24(12-10-20)14-15-13-23-19-8-4-1-5-16(15)19/h1-8,13,23H,9-12,14,22H2. The molecule has 0 radical (unpaired) electrons. The number of likely N-dealkylation sites (tertiary alicyclic amines) is 1. The number of para-hydroxylation sites is 1. The molecule has 0 bridgehead atoms. The fraction of sp³-hybridized carbons (Fsp3) is 0.300. The summed E-state index contributed by atoms with van der Waals surface area (Å²) in [4.78, 5) is 5.84. The number of H-pyrrole nitrogens is 1. The van der Waals surface area contributed by atoms with Gasteiger partial charge in [0, 0.05) is 47.3 Å². The molecular formula is C20H22ClN3. The highest BCUT2D eigenvalue weighted by atomic mass is 35.5. The summed E-state index contributed by atoms with van der Waals surface area (Å²) in [7, 11) is 0. The van der Waals surface area contributed by atoms with E-state index < -0.39 is 0 Å². The third-order valence-corrected chi connectivity index (χ3v) is 5.56. The van der Waals surface area contributed by atoms with E-state index in [0.29, 0.717) is 0 Å². The van der Waals surface area contributed by atoms with E-state index in [1.54, 1.807) is 0 Å². The van der Waals surface area contributed by atoms with Crippen molar-refractivity contribution in [2.24, 2.45) is 5.73 Å². The normalized spacial score (nSPS) is 18.1. The lowest BCUT2D eigenvalue weighted by Gasteiger charge is -2.40. The highest BCUT2D eigenvalue weighted by Gasteiger charge is 2.33. The van der Waals surface area contributed by atoms with Crippen LogP contribution in [0.4, 0.5) is 0 Å². The molecule has 0 amide bonds. The van der Waals surface area contributed by atoms with Gasteiger partial charge in [-0.05, 0) is 36.1 Å². The molecule has 3 nitrogen and oxygen atoms in total. The van der Waals surface area contributed by atoms with E-state index >= 15 is 0 Å². The summed E-state index contributed by atoms with van der Waals surface area (Å²) in [6, 6.07) is 16.4. The zero-order chi connectivity index (χ0) is 16.6. The lowest BCUT2D eigenvalue weighted by molar-refractivity contribution is 0.156. The molecule has 1 fully saturated rings. The fourth-order valence-corrected chi connectivity index (χ4v) is 4.07. The highest BCUT2D eigenvalue weighted by Crippen LogP contribution is 2.35. The Kier molecular flexibility index (Phi) is 4.09. The van der Waals surface area contributed by atoms with Crippen LogP contribution in [0.15, 0.2) is 54.7 Å². The molecule has 24 heavy (non-hydrogen) atoms. The Morgan fingerprint density at radius 2 is 1.75 bits per heavy atom. The van der Waals surface area contributed by atoms with E-state index in [4.69, 9.17) is 17.3 Å². The first-order valence-electron chi connectivity index (χ1n) is 8.47. The van der Waals surface area contributed by atoms with Crippen molar-refractivity contribution >= 4 is 22.5 Å². The number of nitrogens with two attached hydrogens (primary N) is 1. The fourth-order valence-electron chi connectivity index (χ4n) is 3.75. The summed E-state index contributed by atoms with van der Waals surface area (Å²) < 4.78 is 0. The van der Waals surface area contributed by atoms with Crippen LogP contribution >= 0.6 is 11.6 Å². The van der Waals surface area contributed by atoms with Crippen molar-refractivity contribution in [3.63, 3.8) is 0 Å². The molecule has 1 saturated heterocycles. The topological polar surface area (TPSA) is 45.0 Å². The second-order valence-corrected chi connectivity index (χ2v) is 7.18. The van der Waals surface area contributed by atoms with Crippen molar-refractivity contribution in [2.75, 3.05) is 13.1 Å². The van der Waals surface area contributed by atoms with E-state index in [1.807, 2.05) is 18.2 Å². The number of rotatable bonds is 3. The number of fused-ring (bicyclic) bond motifs is 1. The van der Waals surface area contributed by atoms with Crippen LogP contribution in [0.25, 0.3) is 10.9 Å². The summed E-state index contributed by atoms with van der Waals surface area (Å²) in [5, 5.41) is 2.10. The van der Waals surface area contributed by atoms with Gasteiger partial charge in [0.2, 0.25) is 0 Å². The Labute approximate surface area is 147 Å². The molecule has 0 aliphatic carbocycles. The van der Waals surface area contributed by atoms with Crippen molar-refractivity contribution in [1.29, 1.82) is 0 Å². The number of aromatic nitrogens is 1. The van der Waals surface area contributed by atoms with Crippen molar-refractivity contribution < 1.29 is 0 Å². The van der Waals surface area contributed by atoms with E-state index in [2.05, 4.69) is 46.4 Å². The average molecular weight is 340 g/mol. The number of hydrogen-bond acceptors (Lipinski definition) is 2. The first kappa shape index (κ1) is 15.7. The summed E-state index contributed by atoms with van der Waals surface area (Å²) >= 11 is 6.37. The van der Waals surface area contributed by atoms with Crippen LogP contribution in [0.3, 0.4) is 0 Å². The van der Waals surface area contributed by atoms with E-state index in [-0.39, 0.29) is 5.54 Å². The second kappa shape index (κ2) is 6.25. The summed E-state index contributed by atoms with van der Waals surface area (Å²) in [6.45, 7) is 2.94. The molecule has 0 atom stereocenters. The average Bonchev–Trinajstić information content (AvgIpc) is 3.01. The van der Waals surface area contributed by atoms with Crippen LogP contribution in [-0.2, 0) is 12.1 Å². The first-order chi connectivity index (χ1) is 11.7. The van der Waals surface area contributed by atoms with Crippen molar-refractivity contribution in [1.82, 2.24) is 9.88 Å². The second-order valence-electron chi connectivity index (χ2n) is 6.77. The van der Waals surface area contributed by atoms with Gasteiger partial charge in [-0.25, -0.2) is 0 Å². The monoisotopic (exact) mass is 339 g/mol. The van der Waals surface area contributed by atoms with Crippen LogP contribution in [0, 0.1) is 0 Å². The van der Waals surface area contributed by atoms with E-state index in [0.717, 1.165) is 43.1 Å². The number of nitrogens with one attached hydrogen (secondary N) is 1. The minimum absolute atomic E-state index is 0.310. The number of aromatic amines is 1. The van der Waals surface area contributed by atoms with E-state index in [9.17, 15) is 0 Å². The van der Waals surface area contributed by atoms with Gasteiger partial charge in [-0.3, -0.25) is 4.90 Å². The molecule has 1 aromatic heterocycles. The predicted octanol–water partition coefficient (Wildman–Crippen LogP) is 4.27. The van der Waals surface area contributed by atoms with Crippen LogP contribution in [0.1, 0.15) is 24.0 Å². The third-order valence-electron chi connectivity index (χ3n) is 5.23. The lowest BCUT2D eigenvalue weighted by Crippen LogP contribution is -2.48. The third kappa shape index (κ3) is 2.84. The van der Waals surface area contributed by atoms with Crippen molar-refractivity contribution in [3.8, 4) is 0 Å². The molecular weight excluding hydrogens is 318 g/mol. The smallest absolute Gasteiger partial charge is 0.0457 e. The molecule has 1 aliphatic heterocycles. The van der Waals surface area contributed by atoms with Crippen LogP contribution in [0.5, 0.6) is 0 Å². The minimum Gasteiger partial charge on any atom is -0.361 e. The molecule has 0 saturated carbocycles. The summed E-state index contributed by atoms with van der Waals surface area (Å²) in [6.07, 6.45) is 3.99. The number of benzene rings is 2. The lowest BCUT2D eigenvalue weighted by atomic mass is 9.82. The number of halogens is 1. The molecule has 0 spiro atoms. The SMILES string of the molecule is NC1(c2ccccc2Cl)CCN(Cc2c[nH]c3ccccc23)CC1. The Hall–Kier alpha value is -1.81. The van der Waals surface area contributed by atoms with Gasteiger partial charge in [0.25, 0.3) is 0 Å². The molecule has 1 aliphatic rings. The Bertz CT molecular complexity index is 847. The van der Waals surface area contributed by atoms with Crippen LogP contribution < -0.4 is 5.73 Å². The molecule has 2 aromatic carbocycles. The largest absolute Gasteiger partial charge is 0.361 e. The minimum atomic E-state index is -0.310. The Balaban J connectivity index is 1.47. The summed E-state index contributed by atoms with van der Waals surface area (Å²) in [5.41, 5.74) is 10.0. The zero-order valence-electron chi connectivity index (χ0n) is 13.6. The maximum atomic E-state index is 6.69. The van der Waals surface area contributed by atoms with E-state index in [1.165, 1.54) is 16.5 Å². The van der Waals surface area contributed by atoms with Gasteiger partial charge >= 0.3 is 0 Å². The molecule has 0 unspecified atom stereocenters. The predicted molar refractivity (Wildman–Crippen MR) is 100 cm³/mol. The number of piperidine rings is 1. The first-order valence-corrected chi connectivity index (χ1v) is 8.85. The zero-order valence-corrected chi connectivity index (χ0v) is 14.4. The molecule has 3 N–H and O–H groups in total. The van der Waals surface area contributed by atoms with Crippen molar-refractivity contribution in [3.05, 3.63) is 70.9 Å². The van der Waals surface area contributed by atoms with Gasteiger partial charge in [0.15, 0.2) is 0 Å². The Morgan fingerprint density at radius 1 is 1.04 bits per heavy atom. The maximum absolute atomic E-state index is 6.69. The highest BCUT2D eigenvalue weighted by molar-refractivity contribution is 6.31. The van der Waals surface area contributed by atoms with Crippen LogP contribution in [-0.4, -0.2) is 23.0 Å². The van der Waals surface area contributed by atoms with Gasteiger partial charge in [0.05, 0.1) is 0 Å². The summed E-state index contributed by atoms with van der Waals surface area (Å²) in [5.74, 6) is 0. The number of hydrogen-bond donors (Lipinski definition) is 2. The molecule has 4 heteroatoms. The maximum Gasteiger partial charge on any atom is 0.0457 e. The van der Waals surface area contributed by atoms with Crippen LogP contribution in [0.2, 0.25) is 5.02 Å². The Morgan fingerprint density at radius 3 is 2.54 bits per heavy atom. The molecule has 3 aromatic rings. The quantitative estimate of drug-likeness (QED) is 0.748. The molecule has 4 rings (SSSR count). The van der Waals surface area contributed by atoms with Gasteiger partial charge in [0.1, 0.15) is 0 Å². The van der Waals surface area contributed by atoms with Gasteiger partial charge in [-0.2, -0.15) is 0 Å². The van der Waals surface area contributed by atoms with Gasteiger partial charge in [-0.15, -0.1) is 0 Å². The van der Waals surface area contributed by atoms with Gasteiger partial charge in [-0.1, -0.05) is 48.0 Å². The molecule has 2 heterocycles.